The Balaban J connectivity index is 3.18. The molecular weight excluding hydrogens is 208 g/mol. The predicted octanol–water partition coefficient (Wildman–Crippen LogP) is 1.75. The van der Waals surface area contributed by atoms with Gasteiger partial charge in [-0.2, -0.15) is 0 Å². The van der Waals surface area contributed by atoms with E-state index in [4.69, 9.17) is 5.11 Å². The van der Waals surface area contributed by atoms with Gasteiger partial charge in [0.1, 0.15) is 0 Å². The molecule has 1 N–H and O–H groups in total. The van der Waals surface area contributed by atoms with Crippen molar-refractivity contribution in [3.63, 3.8) is 0 Å². The van der Waals surface area contributed by atoms with Crippen LogP contribution in [-0.4, -0.2) is 13.5 Å². The van der Waals surface area contributed by atoms with Gasteiger partial charge in [0.2, 0.25) is 9.84 Å². The average molecular weight is 216 g/mol. The van der Waals surface area contributed by atoms with Crippen molar-refractivity contribution < 1.29 is 13.5 Å². The van der Waals surface area contributed by atoms with E-state index in [-0.39, 0.29) is 4.90 Å². The van der Waals surface area contributed by atoms with E-state index in [0.717, 1.165) is 0 Å². The molecule has 0 atom stereocenters. The summed E-state index contributed by atoms with van der Waals surface area (Å²) in [5.41, 5.74) is 0. The number of aliphatic hydroxyl groups excluding tert-OH is 1. The summed E-state index contributed by atoms with van der Waals surface area (Å²) in [7, 11) is -3.55. The molecule has 0 fully saturated rings. The number of aliphatic hydroxyl groups is 1. The third-order valence-electron chi connectivity index (χ3n) is 1.33. The predicted molar refractivity (Wildman–Crippen MR) is 53.3 cm³/mol. The van der Waals surface area contributed by atoms with Crippen LogP contribution in [0.4, 0.5) is 0 Å². The summed E-state index contributed by atoms with van der Waals surface area (Å²) in [6.07, 6.45) is 0. The highest BCUT2D eigenvalue weighted by Gasteiger charge is 2.10. The minimum atomic E-state index is -3.55. The van der Waals surface area contributed by atoms with Crippen molar-refractivity contribution in [2.24, 2.45) is 0 Å². The van der Waals surface area contributed by atoms with Crippen molar-refractivity contribution in [3.8, 4) is 0 Å². The molecular formula is C8H8O3S2. The molecule has 0 spiro atoms. The first kappa shape index (κ1) is 10.1. The van der Waals surface area contributed by atoms with Gasteiger partial charge in [0.25, 0.3) is 0 Å². The zero-order chi connectivity index (χ0) is 9.90. The summed E-state index contributed by atoms with van der Waals surface area (Å²) in [5.74, 6) is 0. The summed E-state index contributed by atoms with van der Waals surface area (Å²) in [6.45, 7) is 0. The Labute approximate surface area is 82.0 Å². The van der Waals surface area contributed by atoms with Gasteiger partial charge in [-0.25, -0.2) is 8.42 Å². The second-order valence-corrected chi connectivity index (χ2v) is 4.59. The highest BCUT2D eigenvalue weighted by molar-refractivity contribution is 7.95. The van der Waals surface area contributed by atoms with E-state index in [2.05, 4.69) is 12.6 Å². The summed E-state index contributed by atoms with van der Waals surface area (Å²) >= 11 is 3.48. The van der Waals surface area contributed by atoms with Gasteiger partial charge in [-0.1, -0.05) is 18.2 Å². The Kier molecular flexibility index (Phi) is 3.00. The van der Waals surface area contributed by atoms with Gasteiger partial charge in [-0.15, -0.1) is 12.6 Å². The molecule has 0 heterocycles. The molecule has 1 aromatic rings. The fraction of sp³-hybridized carbons (Fsp3) is 0. The monoisotopic (exact) mass is 216 g/mol. The number of sulfone groups is 1. The Morgan fingerprint density at radius 2 is 1.85 bits per heavy atom. The van der Waals surface area contributed by atoms with Crippen molar-refractivity contribution in [2.45, 2.75) is 4.90 Å². The van der Waals surface area contributed by atoms with Gasteiger partial charge < -0.3 is 5.11 Å². The van der Waals surface area contributed by atoms with Crippen LogP contribution in [0.5, 0.6) is 0 Å². The molecule has 0 aliphatic carbocycles. The van der Waals surface area contributed by atoms with Gasteiger partial charge in [-0.3, -0.25) is 0 Å². The molecule has 0 saturated heterocycles. The van der Waals surface area contributed by atoms with Gasteiger partial charge in [-0.05, 0) is 12.1 Å². The van der Waals surface area contributed by atoms with Crippen molar-refractivity contribution in [2.75, 3.05) is 0 Å². The van der Waals surface area contributed by atoms with Crippen LogP contribution in [0.25, 0.3) is 0 Å². The average Bonchev–Trinajstić information content (AvgIpc) is 2.04. The highest BCUT2D eigenvalue weighted by Crippen LogP contribution is 2.13. The number of benzene rings is 1. The summed E-state index contributed by atoms with van der Waals surface area (Å²) < 4.78 is 22.7. The van der Waals surface area contributed by atoms with Crippen molar-refractivity contribution >= 4 is 22.5 Å². The lowest BCUT2D eigenvalue weighted by Gasteiger charge is -1.97. The van der Waals surface area contributed by atoms with Crippen LogP contribution in [-0.2, 0) is 9.84 Å². The lowest BCUT2D eigenvalue weighted by atomic mass is 10.4. The molecule has 0 radical (unpaired) electrons. The molecule has 5 heteroatoms. The zero-order valence-corrected chi connectivity index (χ0v) is 8.29. The Morgan fingerprint density at radius 1 is 1.31 bits per heavy atom. The third-order valence-corrected chi connectivity index (χ3v) is 3.10. The summed E-state index contributed by atoms with van der Waals surface area (Å²) in [5, 5.41) is 8.87. The van der Waals surface area contributed by atoms with E-state index in [9.17, 15) is 8.42 Å². The van der Waals surface area contributed by atoms with Gasteiger partial charge in [0, 0.05) is 0 Å². The molecule has 3 nitrogen and oxygen atoms in total. The van der Waals surface area contributed by atoms with Gasteiger partial charge >= 0.3 is 0 Å². The summed E-state index contributed by atoms with van der Waals surface area (Å²) in [6, 6.07) is 7.82. The number of hydrogen-bond donors (Lipinski definition) is 2. The lowest BCUT2D eigenvalue weighted by molar-refractivity contribution is 0.458. The van der Waals surface area contributed by atoms with Crippen LogP contribution in [0.2, 0.25) is 0 Å². The minimum Gasteiger partial charge on any atom is -0.502 e. The van der Waals surface area contributed by atoms with E-state index in [1.807, 2.05) is 0 Å². The molecule has 0 unspecified atom stereocenters. The molecule has 1 rings (SSSR count). The molecule has 1 aromatic carbocycles. The fourth-order valence-corrected chi connectivity index (χ4v) is 2.18. The highest BCUT2D eigenvalue weighted by atomic mass is 32.2. The molecule has 0 aliphatic heterocycles. The first-order chi connectivity index (χ1) is 6.02. The fourth-order valence-electron chi connectivity index (χ4n) is 0.817. The minimum absolute atomic E-state index is 0.135. The van der Waals surface area contributed by atoms with Crippen LogP contribution < -0.4 is 0 Å². The van der Waals surface area contributed by atoms with E-state index < -0.39 is 14.9 Å². The van der Waals surface area contributed by atoms with Crippen LogP contribution >= 0.6 is 12.6 Å². The Morgan fingerprint density at radius 3 is 2.31 bits per heavy atom. The molecule has 0 amide bonds. The maximum absolute atomic E-state index is 11.4. The smallest absolute Gasteiger partial charge is 0.203 e. The van der Waals surface area contributed by atoms with E-state index in [0.29, 0.717) is 5.41 Å². The molecule has 0 bridgehead atoms. The van der Waals surface area contributed by atoms with Crippen molar-refractivity contribution in [1.29, 1.82) is 0 Å². The second kappa shape index (κ2) is 3.85. The van der Waals surface area contributed by atoms with Crippen molar-refractivity contribution in [1.82, 2.24) is 0 Å². The van der Waals surface area contributed by atoms with Crippen LogP contribution in [0.1, 0.15) is 0 Å². The first-order valence-corrected chi connectivity index (χ1v) is 5.41. The topological polar surface area (TPSA) is 54.4 Å². The molecule has 13 heavy (non-hydrogen) atoms. The first-order valence-electron chi connectivity index (χ1n) is 3.42. The van der Waals surface area contributed by atoms with E-state index in [1.54, 1.807) is 18.2 Å². The van der Waals surface area contributed by atoms with Crippen LogP contribution in [0.3, 0.4) is 0 Å². The van der Waals surface area contributed by atoms with E-state index in [1.165, 1.54) is 12.1 Å². The van der Waals surface area contributed by atoms with Crippen LogP contribution in [0.15, 0.2) is 45.7 Å². The second-order valence-electron chi connectivity index (χ2n) is 2.33. The summed E-state index contributed by atoms with van der Waals surface area (Å²) in [4.78, 5) is 0.135. The maximum atomic E-state index is 11.4. The quantitative estimate of drug-likeness (QED) is 0.585. The third kappa shape index (κ3) is 2.78. The molecule has 0 aromatic heterocycles. The SMILES string of the molecule is O=S(=O)(/C=C(\O)S)c1ccccc1. The number of thiol groups is 1. The lowest BCUT2D eigenvalue weighted by Crippen LogP contribution is -1.96. The Bertz CT molecular complexity index is 402. The zero-order valence-electron chi connectivity index (χ0n) is 6.58. The largest absolute Gasteiger partial charge is 0.502 e. The maximum Gasteiger partial charge on any atom is 0.203 e. The standard InChI is InChI=1S/C8H8O3S2/c9-8(12)6-13(10,11)7-4-2-1-3-5-7/h1-6,9,12H/b8-6+. The van der Waals surface area contributed by atoms with Gasteiger partial charge in [0.15, 0.2) is 5.09 Å². The number of rotatable bonds is 2. The van der Waals surface area contributed by atoms with Gasteiger partial charge in [0.05, 0.1) is 10.3 Å². The Hall–Kier alpha value is -0.940. The molecule has 70 valence electrons. The van der Waals surface area contributed by atoms with Crippen molar-refractivity contribution in [3.05, 3.63) is 40.8 Å². The van der Waals surface area contributed by atoms with E-state index >= 15 is 0 Å². The molecule has 0 aliphatic rings. The molecule has 0 saturated carbocycles. The van der Waals surface area contributed by atoms with Crippen LogP contribution in [0, 0.1) is 0 Å². The number of hydrogen-bond acceptors (Lipinski definition) is 4. The normalized spacial score (nSPS) is 12.8.